The molecule has 0 saturated heterocycles. The van der Waals surface area contributed by atoms with Crippen LogP contribution in [0.25, 0.3) is 62.9 Å². The van der Waals surface area contributed by atoms with E-state index in [4.69, 9.17) is 4.98 Å². The molecular weight excluding hydrogens is 793 g/mol. The van der Waals surface area contributed by atoms with E-state index in [9.17, 15) is 0 Å². The maximum absolute atomic E-state index is 4.75. The molecule has 0 spiro atoms. The van der Waals surface area contributed by atoms with Crippen molar-refractivity contribution in [1.82, 2.24) is 9.97 Å². The summed E-state index contributed by atoms with van der Waals surface area (Å²) in [7, 11) is -1.23. The number of aromatic nitrogens is 2. The summed E-state index contributed by atoms with van der Waals surface area (Å²) >= 11 is 3.69. The number of hydrogen-bond acceptors (Lipinski definition) is 4. The molecule has 0 fully saturated rings. The molecule has 0 amide bonds. The molecule has 0 bridgehead atoms. The molecule has 0 saturated carbocycles. The van der Waals surface area contributed by atoms with E-state index >= 15 is 0 Å². The predicted octanol–water partition coefficient (Wildman–Crippen LogP) is 11.5. The van der Waals surface area contributed by atoms with E-state index in [-0.39, 0.29) is 20.1 Å². The average Bonchev–Trinajstić information content (AvgIpc) is 3.63. The van der Waals surface area contributed by atoms with Crippen LogP contribution in [0.1, 0.15) is 25.3 Å². The monoisotopic (exact) mass is 827 g/mol. The summed E-state index contributed by atoms with van der Waals surface area (Å²) in [6.45, 7) is 11.5. The average molecular weight is 827 g/mol. The fourth-order valence-electron chi connectivity index (χ4n) is 5.69. The van der Waals surface area contributed by atoms with Crippen LogP contribution >= 0.6 is 22.7 Å². The van der Waals surface area contributed by atoms with Gasteiger partial charge in [0.2, 0.25) is 0 Å². The molecule has 46 heavy (non-hydrogen) atoms. The van der Waals surface area contributed by atoms with Crippen LogP contribution in [0.2, 0.25) is 19.6 Å². The Kier molecular flexibility index (Phi) is 9.38. The number of pyridine rings is 2. The van der Waals surface area contributed by atoms with E-state index < -0.39 is 8.07 Å². The first-order valence-electron chi connectivity index (χ1n) is 15.4. The molecule has 4 aromatic carbocycles. The third-order valence-corrected chi connectivity index (χ3v) is 12.5. The number of benzene rings is 4. The first kappa shape index (κ1) is 32.4. The van der Waals surface area contributed by atoms with Crippen molar-refractivity contribution in [3.63, 3.8) is 0 Å². The number of fused-ring (bicyclic) bond motifs is 7. The van der Waals surface area contributed by atoms with Crippen LogP contribution in [0.5, 0.6) is 0 Å². The molecule has 0 atom stereocenters. The molecule has 0 unspecified atom stereocenters. The molecule has 6 heteroatoms. The zero-order valence-corrected chi connectivity index (χ0v) is 31.5. The predicted molar refractivity (Wildman–Crippen MR) is 200 cm³/mol. The third-order valence-electron chi connectivity index (χ3n) is 8.23. The first-order valence-corrected chi connectivity index (χ1v) is 20.5. The minimum absolute atomic E-state index is 0. The molecule has 0 aliphatic carbocycles. The van der Waals surface area contributed by atoms with Crippen molar-refractivity contribution in [2.75, 3.05) is 0 Å². The topological polar surface area (TPSA) is 25.8 Å². The van der Waals surface area contributed by atoms with Crippen molar-refractivity contribution >= 4 is 76.3 Å². The third kappa shape index (κ3) is 6.25. The largest absolute Gasteiger partial charge is 0.305 e. The number of nitrogens with zero attached hydrogens (tertiary/aromatic N) is 2. The molecule has 8 rings (SSSR count). The van der Waals surface area contributed by atoms with E-state index in [2.05, 4.69) is 123 Å². The maximum Gasteiger partial charge on any atom is 0.0795 e. The molecule has 2 nitrogen and oxygen atoms in total. The van der Waals surface area contributed by atoms with Gasteiger partial charge in [0.1, 0.15) is 0 Å². The van der Waals surface area contributed by atoms with Gasteiger partial charge in [0.25, 0.3) is 0 Å². The molecule has 1 radical (unpaired) electrons. The molecule has 8 aromatic rings. The maximum atomic E-state index is 4.75. The van der Waals surface area contributed by atoms with Crippen molar-refractivity contribution in [3.8, 4) is 22.5 Å². The Morgan fingerprint density at radius 1 is 0.717 bits per heavy atom. The second-order valence-electron chi connectivity index (χ2n) is 12.7. The molecule has 0 aliphatic heterocycles. The van der Waals surface area contributed by atoms with Gasteiger partial charge in [-0.2, -0.15) is 22.7 Å². The SMILES string of the molecule is CC(C)c1ccnc(-c2[c-]c3sc4ccccc4c3c3c2sc2ccccc23)c1.C[Si](C)(C)c1ccc(-c2[c-]cccc2)nc1.[Ir]. The Morgan fingerprint density at radius 2 is 1.41 bits per heavy atom. The van der Waals surface area contributed by atoms with Gasteiger partial charge in [0.15, 0.2) is 0 Å². The number of thiophene rings is 2. The van der Waals surface area contributed by atoms with Crippen molar-refractivity contribution in [1.29, 1.82) is 0 Å². The molecule has 0 N–H and O–H groups in total. The van der Waals surface area contributed by atoms with Gasteiger partial charge in [-0.05, 0) is 60.9 Å². The standard InChI is InChI=1S/C26H18NS2.C14H16NSi.Ir/c1-15(2)16-11-12-27-20(13-16)19-14-23-24(17-7-3-5-9-21(17)28-23)25-18-8-4-6-10-22(18)29-26(19)25;1-16(2,3)13-9-10-14(15-11-13)12-7-5-4-6-8-12;/h3-13,15H,1-2H3;4-7,9-11H,1-3H3;/q2*-1;. The van der Waals surface area contributed by atoms with Crippen LogP contribution < -0.4 is 5.19 Å². The Bertz CT molecular complexity index is 2280. The van der Waals surface area contributed by atoms with Crippen LogP contribution in [0, 0.1) is 12.1 Å². The van der Waals surface area contributed by atoms with E-state index in [1.165, 1.54) is 51.1 Å². The van der Waals surface area contributed by atoms with Gasteiger partial charge in [-0.3, -0.25) is 0 Å². The van der Waals surface area contributed by atoms with Crippen molar-refractivity contribution < 1.29 is 20.1 Å². The van der Waals surface area contributed by atoms with Gasteiger partial charge in [0.05, 0.1) is 8.07 Å². The van der Waals surface area contributed by atoms with Crippen LogP contribution in [0.15, 0.2) is 109 Å². The van der Waals surface area contributed by atoms with Crippen LogP contribution in [0.4, 0.5) is 0 Å². The fourth-order valence-corrected chi connectivity index (χ4v) is 9.06. The van der Waals surface area contributed by atoms with Gasteiger partial charge < -0.3 is 9.97 Å². The second kappa shape index (κ2) is 13.3. The summed E-state index contributed by atoms with van der Waals surface area (Å²) in [6.07, 6.45) is 3.95. The van der Waals surface area contributed by atoms with E-state index in [1.54, 1.807) is 0 Å². The van der Waals surface area contributed by atoms with Gasteiger partial charge in [-0.15, -0.1) is 47.5 Å². The number of rotatable bonds is 4. The van der Waals surface area contributed by atoms with Crippen LogP contribution in [-0.2, 0) is 20.1 Å². The van der Waals surface area contributed by atoms with Gasteiger partial charge in [0, 0.05) is 41.9 Å². The quantitative estimate of drug-likeness (QED) is 0.130. The minimum Gasteiger partial charge on any atom is -0.305 e. The van der Waals surface area contributed by atoms with Crippen molar-refractivity contribution in [2.45, 2.75) is 39.4 Å². The molecule has 4 aromatic heterocycles. The van der Waals surface area contributed by atoms with E-state index in [0.29, 0.717) is 5.92 Å². The first-order chi connectivity index (χ1) is 21.8. The Balaban J connectivity index is 0.000000187. The van der Waals surface area contributed by atoms with Gasteiger partial charge in [-0.1, -0.05) is 104 Å². The summed E-state index contributed by atoms with van der Waals surface area (Å²) in [4.78, 5) is 9.27. The van der Waals surface area contributed by atoms with Crippen LogP contribution in [-0.4, -0.2) is 18.0 Å². The molecule has 231 valence electrons. The summed E-state index contributed by atoms with van der Waals surface area (Å²) in [5.41, 5.74) is 5.52. The normalized spacial score (nSPS) is 11.6. The van der Waals surface area contributed by atoms with Gasteiger partial charge in [-0.25, -0.2) is 0 Å². The van der Waals surface area contributed by atoms with Crippen molar-refractivity contribution in [2.24, 2.45) is 0 Å². The van der Waals surface area contributed by atoms with E-state index in [0.717, 1.165) is 22.5 Å². The Hall–Kier alpha value is -3.51. The van der Waals surface area contributed by atoms with Crippen molar-refractivity contribution in [3.05, 3.63) is 127 Å². The fraction of sp³-hybridized carbons (Fsp3) is 0.150. The summed E-state index contributed by atoms with van der Waals surface area (Å²) in [5.74, 6) is 0.475. The summed E-state index contributed by atoms with van der Waals surface area (Å²) < 4.78 is 5.14. The summed E-state index contributed by atoms with van der Waals surface area (Å²) in [5, 5.41) is 6.74. The Labute approximate surface area is 293 Å². The molecule has 4 heterocycles. The second-order valence-corrected chi connectivity index (χ2v) is 19.9. The minimum atomic E-state index is -1.23. The zero-order chi connectivity index (χ0) is 31.1. The molecular formula is C40H34IrN2S2Si-2. The Morgan fingerprint density at radius 3 is 2.07 bits per heavy atom. The zero-order valence-electron chi connectivity index (χ0n) is 26.5. The van der Waals surface area contributed by atoms with Gasteiger partial charge >= 0.3 is 0 Å². The molecule has 0 aliphatic rings. The smallest absolute Gasteiger partial charge is 0.0795 e. The van der Waals surface area contributed by atoms with E-state index in [1.807, 2.05) is 59.3 Å². The van der Waals surface area contributed by atoms with Crippen LogP contribution in [0.3, 0.4) is 0 Å². The summed E-state index contributed by atoms with van der Waals surface area (Å²) in [6, 6.07) is 41.0. The number of hydrogen-bond donors (Lipinski definition) is 0.